The van der Waals surface area contributed by atoms with Crippen LogP contribution in [0.25, 0.3) is 0 Å². The highest BCUT2D eigenvalue weighted by Gasteiger charge is 2.49. The molecule has 9 heteroatoms. The molecular weight excluding hydrogens is 403 g/mol. The van der Waals surface area contributed by atoms with E-state index < -0.39 is 33.7 Å². The van der Waals surface area contributed by atoms with E-state index in [1.165, 1.54) is 34.6 Å². The highest BCUT2D eigenvalue weighted by molar-refractivity contribution is 7.91. The Hall–Kier alpha value is -2.10. The summed E-state index contributed by atoms with van der Waals surface area (Å²) >= 11 is 1.10. The van der Waals surface area contributed by atoms with Crippen LogP contribution >= 0.6 is 11.3 Å². The second kappa shape index (κ2) is 7.38. The third-order valence-corrected chi connectivity index (χ3v) is 8.56. The lowest BCUT2D eigenvalue weighted by molar-refractivity contribution is -0.122. The maximum atomic E-state index is 13.3. The van der Waals surface area contributed by atoms with Gasteiger partial charge in [-0.15, -0.1) is 11.3 Å². The Kier molecular flexibility index (Phi) is 5.07. The van der Waals surface area contributed by atoms with Crippen molar-refractivity contribution >= 4 is 38.9 Å². The van der Waals surface area contributed by atoms with Crippen molar-refractivity contribution in [3.63, 3.8) is 0 Å². The zero-order chi connectivity index (χ0) is 19.9. The van der Waals surface area contributed by atoms with E-state index in [0.29, 0.717) is 12.8 Å². The number of hydrogen-bond donors (Lipinski definition) is 0. The Bertz CT molecular complexity index is 983. The molecule has 1 unspecified atom stereocenters. The monoisotopic (exact) mass is 422 g/mol. The number of sulfonamides is 1. The van der Waals surface area contributed by atoms with Crippen molar-refractivity contribution in [1.29, 1.82) is 0 Å². The number of benzene rings is 1. The van der Waals surface area contributed by atoms with Gasteiger partial charge in [0.05, 0.1) is 12.1 Å². The first-order valence-electron chi connectivity index (χ1n) is 9.09. The minimum absolute atomic E-state index is 0.167. The Morgan fingerprint density at radius 2 is 1.75 bits per heavy atom. The molecule has 1 atom stereocenters. The van der Waals surface area contributed by atoms with Gasteiger partial charge in [-0.2, -0.15) is 4.31 Å². The van der Waals surface area contributed by atoms with Crippen LogP contribution in [0.1, 0.15) is 32.1 Å². The molecule has 0 radical (unpaired) electrons. The van der Waals surface area contributed by atoms with Gasteiger partial charge in [-0.05, 0) is 48.6 Å². The minimum atomic E-state index is -3.90. The van der Waals surface area contributed by atoms with E-state index in [9.17, 15) is 22.4 Å². The molecule has 148 valence electrons. The summed E-state index contributed by atoms with van der Waals surface area (Å²) in [7, 11) is -3.90. The summed E-state index contributed by atoms with van der Waals surface area (Å²) in [6.45, 7) is 0. The third kappa shape index (κ3) is 3.27. The number of carbonyl (C=O) groups excluding carboxylic acids is 2. The van der Waals surface area contributed by atoms with Gasteiger partial charge < -0.3 is 0 Å². The lowest BCUT2D eigenvalue weighted by Crippen LogP contribution is -2.49. The third-order valence-electron chi connectivity index (χ3n) is 5.23. The molecule has 0 bridgehead atoms. The highest BCUT2D eigenvalue weighted by atomic mass is 32.2. The van der Waals surface area contributed by atoms with Gasteiger partial charge in [0.2, 0.25) is 5.91 Å². The van der Waals surface area contributed by atoms with E-state index in [1.807, 2.05) is 0 Å². The van der Waals surface area contributed by atoms with Crippen molar-refractivity contribution in [1.82, 2.24) is 4.31 Å². The molecule has 2 amide bonds. The lowest BCUT2D eigenvalue weighted by Gasteiger charge is -2.31. The number of rotatable bonds is 5. The van der Waals surface area contributed by atoms with Gasteiger partial charge in [0.15, 0.2) is 0 Å². The fourth-order valence-electron chi connectivity index (χ4n) is 3.97. The molecule has 0 N–H and O–H groups in total. The second-order valence-corrected chi connectivity index (χ2v) is 9.99. The maximum Gasteiger partial charge on any atom is 0.253 e. The fourth-order valence-corrected chi connectivity index (χ4v) is 6.89. The first-order chi connectivity index (χ1) is 13.4. The molecule has 1 saturated heterocycles. The van der Waals surface area contributed by atoms with Gasteiger partial charge in [-0.3, -0.25) is 9.59 Å². The number of thiophene rings is 1. The molecule has 1 aliphatic carbocycles. The van der Waals surface area contributed by atoms with Gasteiger partial charge in [-0.1, -0.05) is 18.9 Å². The number of carbonyl (C=O) groups is 2. The quantitative estimate of drug-likeness (QED) is 0.694. The summed E-state index contributed by atoms with van der Waals surface area (Å²) in [6.07, 6.45) is 2.89. The van der Waals surface area contributed by atoms with Crippen LogP contribution in [0.15, 0.2) is 46.0 Å². The molecule has 1 aliphatic heterocycles. The molecule has 2 fully saturated rings. The summed E-state index contributed by atoms with van der Waals surface area (Å²) in [5.74, 6) is -1.54. The Morgan fingerprint density at radius 1 is 1.07 bits per heavy atom. The van der Waals surface area contributed by atoms with Gasteiger partial charge in [-0.25, -0.2) is 17.7 Å². The molecule has 6 nitrogen and oxygen atoms in total. The molecule has 1 aromatic heterocycles. The normalized spacial score (nSPS) is 21.2. The zero-order valence-corrected chi connectivity index (χ0v) is 16.6. The van der Waals surface area contributed by atoms with Crippen LogP contribution in [0.2, 0.25) is 0 Å². The number of hydrogen-bond acceptors (Lipinski definition) is 5. The van der Waals surface area contributed by atoms with Crippen LogP contribution in [0.5, 0.6) is 0 Å². The summed E-state index contributed by atoms with van der Waals surface area (Å²) in [5.41, 5.74) is 0.249. The fraction of sp³-hybridized carbons (Fsp3) is 0.368. The first-order valence-corrected chi connectivity index (χ1v) is 11.4. The van der Waals surface area contributed by atoms with Crippen molar-refractivity contribution in [3.8, 4) is 0 Å². The van der Waals surface area contributed by atoms with E-state index in [1.54, 1.807) is 11.4 Å². The van der Waals surface area contributed by atoms with Crippen LogP contribution in [0.3, 0.4) is 0 Å². The summed E-state index contributed by atoms with van der Waals surface area (Å²) in [4.78, 5) is 26.7. The van der Waals surface area contributed by atoms with Crippen LogP contribution in [0, 0.1) is 5.82 Å². The highest BCUT2D eigenvalue weighted by Crippen LogP contribution is 2.36. The van der Waals surface area contributed by atoms with Crippen molar-refractivity contribution in [2.24, 2.45) is 0 Å². The largest absolute Gasteiger partial charge is 0.274 e. The average molecular weight is 423 g/mol. The number of imide groups is 1. The number of halogens is 1. The molecule has 2 heterocycles. The van der Waals surface area contributed by atoms with E-state index in [-0.39, 0.29) is 22.4 Å². The van der Waals surface area contributed by atoms with Crippen molar-refractivity contribution in [2.45, 2.75) is 48.4 Å². The molecule has 1 saturated carbocycles. The van der Waals surface area contributed by atoms with Gasteiger partial charge >= 0.3 is 0 Å². The van der Waals surface area contributed by atoms with E-state index in [4.69, 9.17) is 0 Å². The Labute approximate surface area is 166 Å². The summed E-state index contributed by atoms with van der Waals surface area (Å²) < 4.78 is 41.3. The molecule has 2 aliphatic rings. The van der Waals surface area contributed by atoms with Gasteiger partial charge in [0.25, 0.3) is 15.9 Å². The molecular formula is C19H19FN2O4S2. The van der Waals surface area contributed by atoms with Crippen LogP contribution < -0.4 is 4.90 Å². The number of amides is 2. The van der Waals surface area contributed by atoms with E-state index >= 15 is 0 Å². The molecule has 4 rings (SSSR count). The lowest BCUT2D eigenvalue weighted by atomic mass is 10.2. The molecule has 28 heavy (non-hydrogen) atoms. The Balaban J connectivity index is 1.72. The van der Waals surface area contributed by atoms with Crippen molar-refractivity contribution in [3.05, 3.63) is 47.6 Å². The predicted octanol–water partition coefficient (Wildman–Crippen LogP) is 3.15. The summed E-state index contributed by atoms with van der Waals surface area (Å²) in [5, 5.41) is 1.67. The predicted molar refractivity (Wildman–Crippen MR) is 103 cm³/mol. The molecule has 0 spiro atoms. The maximum absolute atomic E-state index is 13.3. The van der Waals surface area contributed by atoms with Crippen molar-refractivity contribution < 1.29 is 22.4 Å². The van der Waals surface area contributed by atoms with E-state index in [2.05, 4.69) is 0 Å². The van der Waals surface area contributed by atoms with Gasteiger partial charge in [0, 0.05) is 6.04 Å². The van der Waals surface area contributed by atoms with Crippen molar-refractivity contribution in [2.75, 3.05) is 4.90 Å². The Morgan fingerprint density at radius 3 is 2.36 bits per heavy atom. The van der Waals surface area contributed by atoms with Crippen LogP contribution in [0.4, 0.5) is 10.1 Å². The standard InChI is InChI=1S/C19H19FN2O4S2/c20-13-7-9-14(10-8-13)21-17(23)12-16(19(21)24)22(15-4-1-2-5-15)28(25,26)18-6-3-11-27-18/h3,6-11,15-16H,1-2,4-5,12H2. The van der Waals surface area contributed by atoms with Gasteiger partial charge in [0.1, 0.15) is 16.1 Å². The SMILES string of the molecule is O=C1CC(N(C2CCCC2)S(=O)(=O)c2cccs2)C(=O)N1c1ccc(F)cc1. The van der Waals surface area contributed by atoms with Crippen LogP contribution in [-0.4, -0.2) is 36.6 Å². The van der Waals surface area contributed by atoms with Crippen LogP contribution in [-0.2, 0) is 19.6 Å². The summed E-state index contributed by atoms with van der Waals surface area (Å²) in [6, 6.07) is 6.82. The topological polar surface area (TPSA) is 74.8 Å². The number of nitrogens with zero attached hydrogens (tertiary/aromatic N) is 2. The second-order valence-electron chi connectivity index (χ2n) is 6.97. The molecule has 2 aromatic rings. The molecule has 1 aromatic carbocycles. The zero-order valence-electron chi connectivity index (χ0n) is 15.0. The number of anilines is 1. The smallest absolute Gasteiger partial charge is 0.253 e. The van der Waals surface area contributed by atoms with E-state index in [0.717, 1.165) is 29.1 Å². The minimum Gasteiger partial charge on any atom is -0.274 e. The first kappa shape index (κ1) is 19.2. The average Bonchev–Trinajstić information content (AvgIpc) is 3.40.